The number of allylic oxidation sites excluding steroid dienone is 12. The lowest BCUT2D eigenvalue weighted by molar-refractivity contribution is -0.332. The molecule has 11 unspecified atom stereocenters. The molecular weight excluding hydrogens is 885 g/mol. The Morgan fingerprint density at radius 3 is 1.48 bits per heavy atom. The predicted octanol–water partition coefficient (Wildman–Crippen LogP) is 8.29. The Morgan fingerprint density at radius 1 is 0.493 bits per heavy atom. The number of ether oxygens (including phenoxy) is 6. The molecule has 0 bridgehead atoms. The molecule has 2 aliphatic rings. The molecule has 0 amide bonds. The molecule has 2 rings (SSSR count). The molecule has 2 heterocycles. The van der Waals surface area contributed by atoms with Gasteiger partial charge in [0, 0.05) is 13.0 Å². The minimum Gasteiger partial charge on any atom is -0.457 e. The number of esters is 1. The molecule has 2 saturated heterocycles. The van der Waals surface area contributed by atoms with E-state index >= 15 is 0 Å². The van der Waals surface area contributed by atoms with Gasteiger partial charge in [0.25, 0.3) is 0 Å². The Labute approximate surface area is 415 Å². The first-order chi connectivity index (χ1) is 33.6. The van der Waals surface area contributed by atoms with E-state index in [1.54, 1.807) is 0 Å². The number of hydrogen-bond acceptors (Lipinski definition) is 14. The minimum absolute atomic E-state index is 0.0460. The number of hydrogen-bond donors (Lipinski definition) is 7. The van der Waals surface area contributed by atoms with Crippen molar-refractivity contribution < 1.29 is 69.0 Å². The summed E-state index contributed by atoms with van der Waals surface area (Å²) in [6.45, 7) is 3.50. The molecule has 398 valence electrons. The first kappa shape index (κ1) is 62.5. The Hall–Kier alpha value is -2.57. The summed E-state index contributed by atoms with van der Waals surface area (Å²) < 4.78 is 34.2. The number of aliphatic hydroxyl groups excluding tert-OH is 7. The molecule has 0 aromatic carbocycles. The quantitative estimate of drug-likeness (QED) is 0.0175. The van der Waals surface area contributed by atoms with Gasteiger partial charge in [0.15, 0.2) is 12.6 Å². The van der Waals surface area contributed by atoms with Crippen LogP contribution in [-0.2, 0) is 33.2 Å². The molecule has 0 radical (unpaired) electrons. The maximum Gasteiger partial charge on any atom is 0.306 e. The molecule has 0 spiro atoms. The van der Waals surface area contributed by atoms with Crippen LogP contribution in [0.4, 0.5) is 0 Å². The van der Waals surface area contributed by atoms with Crippen LogP contribution < -0.4 is 0 Å². The summed E-state index contributed by atoms with van der Waals surface area (Å²) >= 11 is 0. The standard InChI is InChI=1S/C55H94O14/c1-3-5-7-9-11-13-15-16-17-18-19-20-21-22-23-24-25-26-27-29-31-33-35-37-39-64-41-44(67-47(57)38-36-34-32-30-28-14-12-10-8-6-4-2)42-65-54-53(63)51(61)49(59)46(69-54)43-66-55-52(62)50(60)48(58)45(40-56)68-55/h5,7,11,13,16-17,19-20,22-23,25-26,44-46,48-56,58-63H,3-4,6,8-10,12,14-15,18,21,24,27-43H2,1-2H3/b7-5-,13-11-,17-16-,20-19-,23-22-,26-25-. The van der Waals surface area contributed by atoms with Gasteiger partial charge in [-0.2, -0.15) is 0 Å². The topological polar surface area (TPSA) is 214 Å². The van der Waals surface area contributed by atoms with Crippen molar-refractivity contribution >= 4 is 5.97 Å². The summed E-state index contributed by atoms with van der Waals surface area (Å²) in [5.74, 6) is -0.388. The van der Waals surface area contributed by atoms with E-state index < -0.39 is 80.7 Å². The van der Waals surface area contributed by atoms with E-state index in [1.165, 1.54) is 44.9 Å². The summed E-state index contributed by atoms with van der Waals surface area (Å²) in [7, 11) is 0. The second-order valence-corrected chi connectivity index (χ2v) is 18.3. The van der Waals surface area contributed by atoms with Crippen molar-refractivity contribution in [2.45, 2.75) is 235 Å². The minimum atomic E-state index is -1.71. The average molecular weight is 979 g/mol. The molecule has 14 nitrogen and oxygen atoms in total. The maximum absolute atomic E-state index is 13.0. The van der Waals surface area contributed by atoms with Gasteiger partial charge in [-0.3, -0.25) is 4.79 Å². The largest absolute Gasteiger partial charge is 0.457 e. The van der Waals surface area contributed by atoms with Crippen molar-refractivity contribution in [2.24, 2.45) is 0 Å². The van der Waals surface area contributed by atoms with Gasteiger partial charge < -0.3 is 64.2 Å². The SMILES string of the molecule is CC/C=C\C/C=C\C/C=C\C/C=C\C/C=C\C/C=C\CCCCCCCOCC(COC1OC(COC2OC(CO)C(O)C(O)C2O)C(O)C(O)C1O)OC(=O)CCCCCCCCCCCCC. The second-order valence-electron chi connectivity index (χ2n) is 18.3. The van der Waals surface area contributed by atoms with E-state index in [4.69, 9.17) is 28.4 Å². The smallest absolute Gasteiger partial charge is 0.306 e. The van der Waals surface area contributed by atoms with Crippen LogP contribution in [0.25, 0.3) is 0 Å². The Bertz CT molecular complexity index is 1410. The van der Waals surface area contributed by atoms with Gasteiger partial charge in [-0.1, -0.05) is 170 Å². The van der Waals surface area contributed by atoms with E-state index in [2.05, 4.69) is 86.8 Å². The van der Waals surface area contributed by atoms with Gasteiger partial charge in [0.05, 0.1) is 26.4 Å². The molecule has 0 saturated carbocycles. The Balaban J connectivity index is 1.73. The fourth-order valence-corrected chi connectivity index (χ4v) is 7.93. The third-order valence-electron chi connectivity index (χ3n) is 12.2. The molecule has 11 atom stereocenters. The van der Waals surface area contributed by atoms with Crippen LogP contribution in [0.5, 0.6) is 0 Å². The first-order valence-corrected chi connectivity index (χ1v) is 26.5. The zero-order valence-electron chi connectivity index (χ0n) is 42.3. The molecular formula is C55H94O14. The van der Waals surface area contributed by atoms with Crippen LogP contribution in [0.3, 0.4) is 0 Å². The van der Waals surface area contributed by atoms with Crippen molar-refractivity contribution in [3.8, 4) is 0 Å². The molecule has 0 aromatic rings. The van der Waals surface area contributed by atoms with Crippen molar-refractivity contribution in [1.29, 1.82) is 0 Å². The highest BCUT2D eigenvalue weighted by molar-refractivity contribution is 5.69. The summed E-state index contributed by atoms with van der Waals surface area (Å²) in [5, 5.41) is 72.1. The van der Waals surface area contributed by atoms with Crippen molar-refractivity contribution in [3.05, 3.63) is 72.9 Å². The van der Waals surface area contributed by atoms with Crippen LogP contribution in [0.1, 0.15) is 168 Å². The number of rotatable bonds is 41. The lowest BCUT2D eigenvalue weighted by Crippen LogP contribution is -2.61. The van der Waals surface area contributed by atoms with E-state index in [0.29, 0.717) is 13.0 Å². The van der Waals surface area contributed by atoms with Gasteiger partial charge in [0.2, 0.25) is 0 Å². The molecule has 2 aliphatic heterocycles. The molecule has 0 aliphatic carbocycles. The molecule has 69 heavy (non-hydrogen) atoms. The number of unbranched alkanes of at least 4 members (excludes halogenated alkanes) is 15. The molecule has 2 fully saturated rings. The fourth-order valence-electron chi connectivity index (χ4n) is 7.93. The maximum atomic E-state index is 13.0. The normalized spacial score (nSPS) is 26.3. The zero-order chi connectivity index (χ0) is 50.2. The number of aliphatic hydroxyl groups is 7. The third-order valence-corrected chi connectivity index (χ3v) is 12.2. The van der Waals surface area contributed by atoms with Crippen LogP contribution in [0.2, 0.25) is 0 Å². The summed E-state index contributed by atoms with van der Waals surface area (Å²) in [5.41, 5.74) is 0. The molecule has 7 N–H and O–H groups in total. The van der Waals surface area contributed by atoms with Crippen molar-refractivity contribution in [3.63, 3.8) is 0 Å². The summed E-state index contributed by atoms with van der Waals surface area (Å²) in [6.07, 6.45) is 35.4. The Morgan fingerprint density at radius 2 is 0.942 bits per heavy atom. The highest BCUT2D eigenvalue weighted by atomic mass is 16.7. The molecule has 0 aromatic heterocycles. The lowest BCUT2D eigenvalue weighted by Gasteiger charge is -2.42. The van der Waals surface area contributed by atoms with Gasteiger partial charge >= 0.3 is 5.97 Å². The van der Waals surface area contributed by atoms with Crippen LogP contribution >= 0.6 is 0 Å². The van der Waals surface area contributed by atoms with Crippen molar-refractivity contribution in [1.82, 2.24) is 0 Å². The zero-order valence-corrected chi connectivity index (χ0v) is 42.3. The fraction of sp³-hybridized carbons (Fsp3) is 0.764. The van der Waals surface area contributed by atoms with E-state index in [0.717, 1.165) is 96.3 Å². The third kappa shape index (κ3) is 29.5. The van der Waals surface area contributed by atoms with Gasteiger partial charge in [-0.05, 0) is 64.2 Å². The highest BCUT2D eigenvalue weighted by Gasteiger charge is 2.47. The summed E-state index contributed by atoms with van der Waals surface area (Å²) in [4.78, 5) is 13.0. The first-order valence-electron chi connectivity index (χ1n) is 26.5. The summed E-state index contributed by atoms with van der Waals surface area (Å²) in [6, 6.07) is 0. The monoisotopic (exact) mass is 979 g/mol. The highest BCUT2D eigenvalue weighted by Crippen LogP contribution is 2.26. The predicted molar refractivity (Wildman–Crippen MR) is 270 cm³/mol. The van der Waals surface area contributed by atoms with Crippen LogP contribution in [0.15, 0.2) is 72.9 Å². The lowest BCUT2D eigenvalue weighted by atomic mass is 9.98. The Kier molecular flexibility index (Phi) is 38.1. The van der Waals surface area contributed by atoms with Crippen molar-refractivity contribution in [2.75, 3.05) is 33.0 Å². The van der Waals surface area contributed by atoms with Gasteiger partial charge in [-0.25, -0.2) is 0 Å². The van der Waals surface area contributed by atoms with Crippen LogP contribution in [-0.4, -0.2) is 142 Å². The number of carbonyl (C=O) groups excluding carboxylic acids is 1. The average Bonchev–Trinajstić information content (AvgIpc) is 3.35. The van der Waals surface area contributed by atoms with E-state index in [9.17, 15) is 40.5 Å². The van der Waals surface area contributed by atoms with Crippen LogP contribution in [0, 0.1) is 0 Å². The second kappa shape index (κ2) is 42.0. The number of carbonyl (C=O) groups is 1. The molecule has 14 heteroatoms. The van der Waals surface area contributed by atoms with Gasteiger partial charge in [-0.15, -0.1) is 0 Å². The van der Waals surface area contributed by atoms with Gasteiger partial charge in [0.1, 0.15) is 54.9 Å². The van der Waals surface area contributed by atoms with E-state index in [-0.39, 0.29) is 25.6 Å². The van der Waals surface area contributed by atoms with E-state index in [1.807, 2.05) is 0 Å².